The normalized spacial score (nSPS) is 56.7. The quantitative estimate of drug-likeness (QED) is 0.499. The third-order valence-corrected chi connectivity index (χ3v) is 4.19. The second-order valence-corrected chi connectivity index (χ2v) is 4.65. The van der Waals surface area contributed by atoms with Gasteiger partial charge in [0.1, 0.15) is 5.60 Å². The van der Waals surface area contributed by atoms with Crippen LogP contribution in [0.2, 0.25) is 0 Å². The standard InChI is InChI=1S/C10H12O2/c1-2-10-6-11-5-7(10)9(3-4-9)8(1)12-10/h1-2,7-8H,3-6H2/t7-,8-,10-/m1/s1. The van der Waals surface area contributed by atoms with E-state index in [9.17, 15) is 0 Å². The minimum absolute atomic E-state index is 0.0150. The van der Waals surface area contributed by atoms with Gasteiger partial charge >= 0.3 is 0 Å². The maximum atomic E-state index is 6.03. The van der Waals surface area contributed by atoms with Gasteiger partial charge in [-0.05, 0) is 12.8 Å². The summed E-state index contributed by atoms with van der Waals surface area (Å²) in [4.78, 5) is 0. The Balaban J connectivity index is 1.92. The first-order valence-electron chi connectivity index (χ1n) is 4.81. The first-order valence-corrected chi connectivity index (χ1v) is 4.81. The van der Waals surface area contributed by atoms with Gasteiger partial charge in [0.25, 0.3) is 0 Å². The Hall–Kier alpha value is -0.340. The Morgan fingerprint density at radius 2 is 2.25 bits per heavy atom. The summed E-state index contributed by atoms with van der Waals surface area (Å²) >= 11 is 0. The molecule has 0 amide bonds. The summed E-state index contributed by atoms with van der Waals surface area (Å²) in [5.41, 5.74) is 0.534. The third-order valence-electron chi connectivity index (χ3n) is 4.19. The molecule has 1 aliphatic carbocycles. The molecule has 0 aromatic heterocycles. The Labute approximate surface area is 71.5 Å². The van der Waals surface area contributed by atoms with Gasteiger partial charge in [-0.25, -0.2) is 0 Å². The van der Waals surface area contributed by atoms with Crippen molar-refractivity contribution >= 4 is 0 Å². The molecule has 3 atom stereocenters. The van der Waals surface area contributed by atoms with Crippen molar-refractivity contribution in [1.29, 1.82) is 0 Å². The molecule has 2 saturated heterocycles. The van der Waals surface area contributed by atoms with E-state index in [2.05, 4.69) is 12.2 Å². The van der Waals surface area contributed by atoms with Crippen molar-refractivity contribution in [3.63, 3.8) is 0 Å². The van der Waals surface area contributed by atoms with Gasteiger partial charge in [0.2, 0.25) is 0 Å². The Kier molecular flexibility index (Phi) is 0.776. The smallest absolute Gasteiger partial charge is 0.116 e. The van der Waals surface area contributed by atoms with Crippen LogP contribution in [-0.2, 0) is 9.47 Å². The van der Waals surface area contributed by atoms with E-state index in [1.165, 1.54) is 12.8 Å². The topological polar surface area (TPSA) is 18.5 Å². The number of hydrogen-bond donors (Lipinski definition) is 0. The minimum Gasteiger partial charge on any atom is -0.378 e. The van der Waals surface area contributed by atoms with Gasteiger partial charge in [-0.15, -0.1) is 0 Å². The van der Waals surface area contributed by atoms with Crippen molar-refractivity contribution in [2.45, 2.75) is 24.5 Å². The lowest BCUT2D eigenvalue weighted by atomic mass is 9.75. The van der Waals surface area contributed by atoms with Crippen LogP contribution in [0.1, 0.15) is 12.8 Å². The van der Waals surface area contributed by atoms with Crippen LogP contribution in [0.3, 0.4) is 0 Å². The monoisotopic (exact) mass is 164 g/mol. The van der Waals surface area contributed by atoms with Gasteiger partial charge in [0.15, 0.2) is 0 Å². The molecule has 0 aromatic rings. The van der Waals surface area contributed by atoms with Crippen molar-refractivity contribution in [2.24, 2.45) is 11.3 Å². The van der Waals surface area contributed by atoms with Crippen molar-refractivity contribution in [1.82, 2.24) is 0 Å². The summed E-state index contributed by atoms with van der Waals surface area (Å²) in [6.07, 6.45) is 7.67. The molecule has 0 radical (unpaired) electrons. The molecule has 3 aliphatic heterocycles. The fourth-order valence-corrected chi connectivity index (χ4v) is 3.36. The van der Waals surface area contributed by atoms with Gasteiger partial charge in [0.05, 0.1) is 19.3 Å². The highest BCUT2D eigenvalue weighted by Gasteiger charge is 2.71. The lowest BCUT2D eigenvalue weighted by molar-refractivity contribution is -0.000669. The SMILES string of the molecule is C1=C[C@@]23COC[C@@H]2C2(CC2)[C@@H]1O3. The maximum Gasteiger partial charge on any atom is 0.116 e. The van der Waals surface area contributed by atoms with E-state index in [1.54, 1.807) is 0 Å². The van der Waals surface area contributed by atoms with Crippen LogP contribution in [0.15, 0.2) is 12.2 Å². The van der Waals surface area contributed by atoms with Gasteiger partial charge in [0, 0.05) is 11.3 Å². The second-order valence-electron chi connectivity index (χ2n) is 4.65. The molecule has 1 saturated carbocycles. The summed E-state index contributed by atoms with van der Waals surface area (Å²) < 4.78 is 11.6. The Morgan fingerprint density at radius 1 is 1.33 bits per heavy atom. The number of hydrogen-bond acceptors (Lipinski definition) is 2. The molecule has 2 bridgehead atoms. The first-order chi connectivity index (χ1) is 5.86. The number of rotatable bonds is 0. The molecule has 4 rings (SSSR count). The molecule has 2 nitrogen and oxygen atoms in total. The minimum atomic E-state index is 0.0150. The molecule has 2 spiro atoms. The van der Waals surface area contributed by atoms with Crippen LogP contribution in [0.5, 0.6) is 0 Å². The molecule has 0 aromatic carbocycles. The van der Waals surface area contributed by atoms with Gasteiger partial charge in [-0.1, -0.05) is 12.2 Å². The van der Waals surface area contributed by atoms with Crippen molar-refractivity contribution in [3.05, 3.63) is 12.2 Å². The molecule has 0 N–H and O–H groups in total. The van der Waals surface area contributed by atoms with Crippen LogP contribution in [-0.4, -0.2) is 24.9 Å². The fraction of sp³-hybridized carbons (Fsp3) is 0.800. The Morgan fingerprint density at radius 3 is 3.08 bits per heavy atom. The highest BCUT2D eigenvalue weighted by molar-refractivity contribution is 5.32. The molecule has 3 fully saturated rings. The number of ether oxygens (including phenoxy) is 2. The van der Waals surface area contributed by atoms with Crippen molar-refractivity contribution in [2.75, 3.05) is 13.2 Å². The zero-order chi connectivity index (χ0) is 7.81. The highest BCUT2D eigenvalue weighted by Crippen LogP contribution is 2.68. The largest absolute Gasteiger partial charge is 0.378 e. The van der Waals surface area contributed by atoms with Crippen LogP contribution in [0.4, 0.5) is 0 Å². The molecule has 64 valence electrons. The zero-order valence-electron chi connectivity index (χ0n) is 6.95. The van der Waals surface area contributed by atoms with E-state index < -0.39 is 0 Å². The van der Waals surface area contributed by atoms with Crippen molar-refractivity contribution < 1.29 is 9.47 Å². The van der Waals surface area contributed by atoms with Crippen LogP contribution >= 0.6 is 0 Å². The fourth-order valence-electron chi connectivity index (χ4n) is 3.36. The van der Waals surface area contributed by atoms with Crippen LogP contribution in [0, 0.1) is 11.3 Å². The Bertz CT molecular complexity index is 280. The van der Waals surface area contributed by atoms with E-state index in [4.69, 9.17) is 9.47 Å². The average molecular weight is 164 g/mol. The summed E-state index contributed by atoms with van der Waals surface area (Å²) in [6.45, 7) is 1.73. The highest BCUT2D eigenvalue weighted by atomic mass is 16.6. The predicted octanol–water partition coefficient (Wildman–Crippen LogP) is 1.12. The second kappa shape index (κ2) is 1.51. The first kappa shape index (κ1) is 6.17. The molecular weight excluding hydrogens is 152 g/mol. The summed E-state index contributed by atoms with van der Waals surface area (Å²) in [6, 6.07) is 0. The van der Waals surface area contributed by atoms with E-state index in [0.29, 0.717) is 17.4 Å². The average Bonchev–Trinajstić information content (AvgIpc) is 2.53. The van der Waals surface area contributed by atoms with Crippen LogP contribution in [0.25, 0.3) is 0 Å². The van der Waals surface area contributed by atoms with Crippen molar-refractivity contribution in [3.8, 4) is 0 Å². The molecule has 4 aliphatic rings. The number of fused-ring (bicyclic) bond motifs is 3. The molecule has 0 unspecified atom stereocenters. The molecule has 3 heterocycles. The van der Waals surface area contributed by atoms with Gasteiger partial charge in [-0.2, -0.15) is 0 Å². The lowest BCUT2D eigenvalue weighted by Gasteiger charge is -2.24. The molecule has 12 heavy (non-hydrogen) atoms. The predicted molar refractivity (Wildman–Crippen MR) is 42.7 cm³/mol. The molecule has 2 heteroatoms. The zero-order valence-corrected chi connectivity index (χ0v) is 6.95. The maximum absolute atomic E-state index is 6.03. The summed E-state index contributed by atoms with van der Waals surface area (Å²) in [7, 11) is 0. The van der Waals surface area contributed by atoms with E-state index in [0.717, 1.165) is 13.2 Å². The summed E-state index contributed by atoms with van der Waals surface area (Å²) in [5, 5.41) is 0. The van der Waals surface area contributed by atoms with E-state index in [-0.39, 0.29) is 5.60 Å². The van der Waals surface area contributed by atoms with Gasteiger partial charge < -0.3 is 9.47 Å². The summed E-state index contributed by atoms with van der Waals surface area (Å²) in [5.74, 6) is 0.681. The lowest BCUT2D eigenvalue weighted by Crippen LogP contribution is -2.34. The van der Waals surface area contributed by atoms with E-state index in [1.807, 2.05) is 0 Å². The van der Waals surface area contributed by atoms with E-state index >= 15 is 0 Å². The molecular formula is C10H12O2. The van der Waals surface area contributed by atoms with Crippen LogP contribution < -0.4 is 0 Å². The third kappa shape index (κ3) is 0.438. The van der Waals surface area contributed by atoms with Gasteiger partial charge in [-0.3, -0.25) is 0 Å².